The number of anilines is 2. The van der Waals surface area contributed by atoms with Gasteiger partial charge >= 0.3 is 5.95 Å². The highest BCUT2D eigenvalue weighted by Crippen LogP contribution is 2.23. The molecule has 0 spiro atoms. The Morgan fingerprint density at radius 3 is 2.04 bits per heavy atom. The Kier molecular flexibility index (Phi) is 4.93. The molecule has 5 nitrogen and oxygen atoms in total. The van der Waals surface area contributed by atoms with Crippen molar-refractivity contribution in [1.29, 1.82) is 0 Å². The molecule has 128 valence electrons. The molecule has 2 aromatic carbocycles. The van der Waals surface area contributed by atoms with Crippen LogP contribution >= 0.6 is 0 Å². The van der Waals surface area contributed by atoms with Crippen LogP contribution in [-0.4, -0.2) is 4.57 Å². The summed E-state index contributed by atoms with van der Waals surface area (Å²) in [6.45, 7) is 4.40. The lowest BCUT2D eigenvalue weighted by Crippen LogP contribution is -2.25. The summed E-state index contributed by atoms with van der Waals surface area (Å²) >= 11 is 0. The Morgan fingerprint density at radius 2 is 1.52 bits per heavy atom. The Morgan fingerprint density at radius 1 is 0.920 bits per heavy atom. The first-order chi connectivity index (χ1) is 12.0. The fraction of sp³-hybridized carbons (Fsp3) is 0.250. The largest absolute Gasteiger partial charge is 0.421 e. The molecule has 1 N–H and O–H groups in total. The van der Waals surface area contributed by atoms with Crippen molar-refractivity contribution >= 4 is 23.0 Å². The van der Waals surface area contributed by atoms with Crippen LogP contribution in [0.15, 0.2) is 71.2 Å². The summed E-state index contributed by atoms with van der Waals surface area (Å²) in [6.07, 6.45) is 3.90. The van der Waals surface area contributed by atoms with E-state index >= 15 is 0 Å². The van der Waals surface area contributed by atoms with Crippen molar-refractivity contribution < 1.29 is 4.57 Å². The minimum Gasteiger partial charge on any atom is -0.356 e. The van der Waals surface area contributed by atoms with Gasteiger partial charge in [0.2, 0.25) is 0 Å². The maximum absolute atomic E-state index is 4.31. The fourth-order valence-electron chi connectivity index (χ4n) is 2.56. The second kappa shape index (κ2) is 7.30. The van der Waals surface area contributed by atoms with Crippen molar-refractivity contribution in [2.45, 2.75) is 19.8 Å². The average molecular weight is 334 g/mol. The van der Waals surface area contributed by atoms with Gasteiger partial charge in [0, 0.05) is 16.5 Å². The molecule has 0 aliphatic rings. The molecule has 0 bridgehead atoms. The van der Waals surface area contributed by atoms with Gasteiger partial charge in [0.15, 0.2) is 0 Å². The van der Waals surface area contributed by atoms with Gasteiger partial charge in [0.25, 0.3) is 0 Å². The van der Waals surface area contributed by atoms with Crippen molar-refractivity contribution in [3.63, 3.8) is 0 Å². The molecular weight excluding hydrogens is 310 g/mol. The highest BCUT2D eigenvalue weighted by molar-refractivity contribution is 5.61. The molecule has 3 aromatic rings. The predicted octanol–water partition coefficient (Wildman–Crippen LogP) is 5.13. The van der Waals surface area contributed by atoms with E-state index in [1.165, 1.54) is 5.56 Å². The molecule has 3 rings (SSSR count). The molecule has 0 radical (unpaired) electrons. The standard InChI is InChI=1S/C20H23N5/c1-15(2)16-5-7-17(8-6-16)21-18-9-11-19(12-10-18)22-23-20-24(3)13-14-25(20)4/h5-15H,1-4H3/p+1. The monoisotopic (exact) mass is 334 g/mol. The SMILES string of the molecule is CC(C)c1ccc(Nc2ccc(N=Nc3n(C)cc[n+]3C)cc2)cc1. The zero-order chi connectivity index (χ0) is 17.8. The minimum absolute atomic E-state index is 0.546. The normalized spacial score (nSPS) is 11.4. The highest BCUT2D eigenvalue weighted by Gasteiger charge is 2.10. The number of nitrogens with one attached hydrogen (secondary N) is 1. The number of aromatic nitrogens is 2. The van der Waals surface area contributed by atoms with E-state index in [9.17, 15) is 0 Å². The summed E-state index contributed by atoms with van der Waals surface area (Å²) in [7, 11) is 3.90. The van der Waals surface area contributed by atoms with Crippen LogP contribution in [0.4, 0.5) is 23.0 Å². The van der Waals surface area contributed by atoms with Gasteiger partial charge in [-0.1, -0.05) is 31.1 Å². The third-order valence-electron chi connectivity index (χ3n) is 4.13. The van der Waals surface area contributed by atoms with Gasteiger partial charge in [-0.25, -0.2) is 9.13 Å². The average Bonchev–Trinajstić information content (AvgIpc) is 2.93. The van der Waals surface area contributed by atoms with Crippen LogP contribution in [0.5, 0.6) is 0 Å². The highest BCUT2D eigenvalue weighted by atomic mass is 15.3. The van der Waals surface area contributed by atoms with Crippen LogP contribution in [0.2, 0.25) is 0 Å². The van der Waals surface area contributed by atoms with Crippen molar-refractivity contribution in [3.05, 3.63) is 66.5 Å². The molecular formula is C20H24N5+. The van der Waals surface area contributed by atoms with Crippen molar-refractivity contribution in [2.24, 2.45) is 24.3 Å². The third kappa shape index (κ3) is 4.12. The van der Waals surface area contributed by atoms with Gasteiger partial charge in [-0.2, -0.15) is 0 Å². The van der Waals surface area contributed by atoms with Gasteiger partial charge in [-0.3, -0.25) is 0 Å². The summed E-state index contributed by atoms with van der Waals surface area (Å²) in [5, 5.41) is 12.0. The zero-order valence-corrected chi connectivity index (χ0v) is 15.1. The number of aryl methyl sites for hydroxylation is 2. The summed E-state index contributed by atoms with van der Waals surface area (Å²) in [4.78, 5) is 0. The molecule has 0 atom stereocenters. The van der Waals surface area contributed by atoms with E-state index in [-0.39, 0.29) is 0 Å². The first kappa shape index (κ1) is 16.9. The van der Waals surface area contributed by atoms with Gasteiger partial charge in [-0.15, -0.1) is 0 Å². The van der Waals surface area contributed by atoms with E-state index in [2.05, 4.69) is 53.7 Å². The maximum Gasteiger partial charge on any atom is 0.421 e. The molecule has 0 saturated heterocycles. The maximum atomic E-state index is 4.31. The second-order valence-electron chi connectivity index (χ2n) is 6.47. The third-order valence-corrected chi connectivity index (χ3v) is 4.13. The lowest BCUT2D eigenvalue weighted by Gasteiger charge is -2.09. The van der Waals surface area contributed by atoms with Crippen LogP contribution in [0.3, 0.4) is 0 Å². The number of nitrogens with zero attached hydrogens (tertiary/aromatic N) is 4. The van der Waals surface area contributed by atoms with Crippen molar-refractivity contribution in [1.82, 2.24) is 4.57 Å². The van der Waals surface area contributed by atoms with E-state index in [4.69, 9.17) is 0 Å². The molecule has 5 heteroatoms. The lowest BCUT2D eigenvalue weighted by atomic mass is 10.0. The van der Waals surface area contributed by atoms with E-state index in [0.29, 0.717) is 5.92 Å². The van der Waals surface area contributed by atoms with Crippen LogP contribution in [0.25, 0.3) is 0 Å². The first-order valence-electron chi connectivity index (χ1n) is 8.42. The molecule has 0 amide bonds. The molecule has 1 heterocycles. The minimum atomic E-state index is 0.546. The molecule has 1 aromatic heterocycles. The van der Waals surface area contributed by atoms with Crippen LogP contribution < -0.4 is 9.88 Å². The first-order valence-corrected chi connectivity index (χ1v) is 8.42. The molecule has 0 saturated carbocycles. The van der Waals surface area contributed by atoms with Gasteiger partial charge in [-0.05, 0) is 47.9 Å². The van der Waals surface area contributed by atoms with Crippen LogP contribution in [0, 0.1) is 0 Å². The number of benzene rings is 2. The van der Waals surface area contributed by atoms with Gasteiger partial charge < -0.3 is 5.32 Å². The van der Waals surface area contributed by atoms with E-state index in [0.717, 1.165) is 23.0 Å². The Bertz CT molecular complexity index is 839. The molecule has 0 aliphatic carbocycles. The molecule has 0 aliphatic heterocycles. The summed E-state index contributed by atoms with van der Waals surface area (Å²) < 4.78 is 3.86. The number of azo groups is 1. The summed E-state index contributed by atoms with van der Waals surface area (Å²) in [5.74, 6) is 1.34. The van der Waals surface area contributed by atoms with Crippen molar-refractivity contribution in [2.75, 3.05) is 5.32 Å². The molecule has 0 fully saturated rings. The van der Waals surface area contributed by atoms with E-state index in [1.807, 2.05) is 59.9 Å². The zero-order valence-electron chi connectivity index (χ0n) is 15.1. The van der Waals surface area contributed by atoms with Gasteiger partial charge in [0.05, 0.1) is 26.5 Å². The van der Waals surface area contributed by atoms with Crippen molar-refractivity contribution in [3.8, 4) is 0 Å². The summed E-state index contributed by atoms with van der Waals surface area (Å²) in [5.41, 5.74) is 4.27. The summed E-state index contributed by atoms with van der Waals surface area (Å²) in [6, 6.07) is 16.5. The Balaban J connectivity index is 1.68. The lowest BCUT2D eigenvalue weighted by molar-refractivity contribution is -0.657. The Hall–Kier alpha value is -2.95. The number of imidazole rings is 1. The van der Waals surface area contributed by atoms with E-state index in [1.54, 1.807) is 0 Å². The smallest absolute Gasteiger partial charge is 0.356 e. The van der Waals surface area contributed by atoms with Crippen LogP contribution in [0.1, 0.15) is 25.3 Å². The van der Waals surface area contributed by atoms with Crippen LogP contribution in [-0.2, 0) is 14.1 Å². The molecule has 25 heavy (non-hydrogen) atoms. The topological polar surface area (TPSA) is 45.6 Å². The fourth-order valence-corrected chi connectivity index (χ4v) is 2.56. The second-order valence-corrected chi connectivity index (χ2v) is 6.47. The number of hydrogen-bond acceptors (Lipinski definition) is 3. The van der Waals surface area contributed by atoms with E-state index < -0.39 is 0 Å². The Labute approximate surface area is 148 Å². The number of hydrogen-bond donors (Lipinski definition) is 1. The van der Waals surface area contributed by atoms with Gasteiger partial charge in [0.1, 0.15) is 5.69 Å². The number of rotatable bonds is 5. The quantitative estimate of drug-likeness (QED) is 0.510. The predicted molar refractivity (Wildman–Crippen MR) is 101 cm³/mol. The molecule has 0 unspecified atom stereocenters.